The van der Waals surface area contributed by atoms with Gasteiger partial charge in [-0.3, -0.25) is 4.79 Å². The normalized spacial score (nSPS) is 10.0. The molecule has 0 saturated carbocycles. The number of nitrogens with zero attached hydrogens (tertiary/aromatic N) is 1. The van der Waals surface area contributed by atoms with E-state index < -0.39 is 0 Å². The highest BCUT2D eigenvalue weighted by Crippen LogP contribution is 1.81. The third kappa shape index (κ3) is 3.58. The van der Waals surface area contributed by atoms with Gasteiger partial charge in [-0.2, -0.15) is 0 Å². The van der Waals surface area contributed by atoms with Gasteiger partial charge in [0.2, 0.25) is 0 Å². The van der Waals surface area contributed by atoms with Gasteiger partial charge in [0.1, 0.15) is 0 Å². The first-order valence-corrected chi connectivity index (χ1v) is 4.81. The van der Waals surface area contributed by atoms with Crippen molar-refractivity contribution in [2.24, 2.45) is 0 Å². The fourth-order valence-corrected chi connectivity index (χ4v) is 1.17. The third-order valence-corrected chi connectivity index (χ3v) is 1.95. The van der Waals surface area contributed by atoms with Gasteiger partial charge in [-0.25, -0.2) is 0 Å². The number of rotatable bonds is 6. The van der Waals surface area contributed by atoms with Crippen LogP contribution in [0.2, 0.25) is 0 Å². The Kier molecular flexibility index (Phi) is 4.72. The van der Waals surface area contributed by atoms with Crippen molar-refractivity contribution < 1.29 is 0 Å². The topological polar surface area (TPSA) is 34.0 Å². The molecule has 0 atom stereocenters. The molecule has 0 aliphatic carbocycles. The van der Waals surface area contributed by atoms with Crippen LogP contribution >= 0.6 is 0 Å². The third-order valence-electron chi connectivity index (χ3n) is 1.95. The van der Waals surface area contributed by atoms with Gasteiger partial charge < -0.3 is 9.88 Å². The summed E-state index contributed by atoms with van der Waals surface area (Å²) in [6.07, 6.45) is 4.64. The van der Waals surface area contributed by atoms with E-state index in [0.29, 0.717) is 0 Å². The van der Waals surface area contributed by atoms with E-state index in [2.05, 4.69) is 11.9 Å². The Bertz CT molecular complexity index is 330. The number of hydrogen-bond donors (Lipinski definition) is 1. The van der Waals surface area contributed by atoms with Crippen LogP contribution in [0.1, 0.15) is 6.42 Å². The van der Waals surface area contributed by atoms with Crippen molar-refractivity contribution in [1.29, 1.82) is 0 Å². The quantitative estimate of drug-likeness (QED) is 0.539. The second-order valence-electron chi connectivity index (χ2n) is 3.06. The van der Waals surface area contributed by atoms with E-state index in [-0.39, 0.29) is 5.56 Å². The first-order chi connectivity index (χ1) is 6.84. The Balaban J connectivity index is 2.28. The lowest BCUT2D eigenvalue weighted by Crippen LogP contribution is -2.26. The van der Waals surface area contributed by atoms with Crippen LogP contribution in [-0.2, 0) is 6.54 Å². The van der Waals surface area contributed by atoms with E-state index in [1.54, 1.807) is 22.9 Å². The highest BCUT2D eigenvalue weighted by molar-refractivity contribution is 4.93. The molecule has 0 radical (unpaired) electrons. The van der Waals surface area contributed by atoms with Gasteiger partial charge in [-0.15, -0.1) is 6.58 Å². The summed E-state index contributed by atoms with van der Waals surface area (Å²) in [6, 6.07) is 5.19. The second-order valence-corrected chi connectivity index (χ2v) is 3.06. The van der Waals surface area contributed by atoms with Crippen LogP contribution in [0, 0.1) is 0 Å². The minimum absolute atomic E-state index is 0.0537. The van der Waals surface area contributed by atoms with E-state index in [9.17, 15) is 4.79 Å². The molecule has 0 saturated heterocycles. The van der Waals surface area contributed by atoms with Crippen LogP contribution in [0.4, 0.5) is 0 Å². The molecule has 1 heterocycles. The molecule has 0 aliphatic heterocycles. The lowest BCUT2D eigenvalue weighted by Gasteiger charge is -2.05. The maximum Gasteiger partial charge on any atom is 0.250 e. The van der Waals surface area contributed by atoms with Crippen molar-refractivity contribution in [3.63, 3.8) is 0 Å². The molecule has 0 amide bonds. The van der Waals surface area contributed by atoms with Crippen LogP contribution in [0.5, 0.6) is 0 Å². The molecule has 3 nitrogen and oxygen atoms in total. The zero-order valence-electron chi connectivity index (χ0n) is 8.28. The zero-order chi connectivity index (χ0) is 10.2. The number of nitrogens with one attached hydrogen (secondary N) is 1. The van der Waals surface area contributed by atoms with E-state index in [1.807, 2.05) is 12.1 Å². The zero-order valence-corrected chi connectivity index (χ0v) is 8.28. The predicted octanol–water partition coefficient (Wildman–Crippen LogP) is 1.01. The minimum Gasteiger partial charge on any atom is -0.315 e. The molecular formula is C11H16N2O. The molecule has 3 heteroatoms. The molecule has 0 spiro atoms. The first-order valence-electron chi connectivity index (χ1n) is 4.81. The molecule has 0 bridgehead atoms. The van der Waals surface area contributed by atoms with Crippen molar-refractivity contribution in [3.05, 3.63) is 47.4 Å². The summed E-state index contributed by atoms with van der Waals surface area (Å²) in [5, 5.41) is 3.23. The highest BCUT2D eigenvalue weighted by Gasteiger charge is 1.92. The van der Waals surface area contributed by atoms with Crippen LogP contribution in [0.25, 0.3) is 0 Å². The van der Waals surface area contributed by atoms with Crippen molar-refractivity contribution in [2.75, 3.05) is 13.1 Å². The van der Waals surface area contributed by atoms with Crippen molar-refractivity contribution in [1.82, 2.24) is 9.88 Å². The molecule has 1 rings (SSSR count). The Morgan fingerprint density at radius 1 is 1.43 bits per heavy atom. The van der Waals surface area contributed by atoms with Gasteiger partial charge in [0, 0.05) is 25.4 Å². The molecule has 0 fully saturated rings. The van der Waals surface area contributed by atoms with Gasteiger partial charge in [-0.1, -0.05) is 12.1 Å². The summed E-state index contributed by atoms with van der Waals surface area (Å²) in [5.41, 5.74) is 0.0537. The van der Waals surface area contributed by atoms with Gasteiger partial charge in [-0.05, 0) is 19.0 Å². The SMILES string of the molecule is C=CCCNCCn1ccccc1=O. The predicted molar refractivity (Wildman–Crippen MR) is 58.4 cm³/mol. The van der Waals surface area contributed by atoms with E-state index in [4.69, 9.17) is 0 Å². The summed E-state index contributed by atoms with van der Waals surface area (Å²) in [7, 11) is 0. The molecule has 0 aliphatic rings. The van der Waals surface area contributed by atoms with E-state index >= 15 is 0 Å². The van der Waals surface area contributed by atoms with Crippen LogP contribution in [0.3, 0.4) is 0 Å². The van der Waals surface area contributed by atoms with Gasteiger partial charge in [0.05, 0.1) is 0 Å². The van der Waals surface area contributed by atoms with Crippen LogP contribution < -0.4 is 10.9 Å². The van der Waals surface area contributed by atoms with Gasteiger partial charge >= 0.3 is 0 Å². The molecule has 0 aromatic carbocycles. The summed E-state index contributed by atoms with van der Waals surface area (Å²) in [5.74, 6) is 0. The minimum atomic E-state index is 0.0537. The van der Waals surface area contributed by atoms with E-state index in [1.165, 1.54) is 0 Å². The molecule has 14 heavy (non-hydrogen) atoms. The second kappa shape index (κ2) is 6.16. The van der Waals surface area contributed by atoms with Crippen LogP contribution in [0.15, 0.2) is 41.8 Å². The van der Waals surface area contributed by atoms with Crippen molar-refractivity contribution >= 4 is 0 Å². The van der Waals surface area contributed by atoms with Crippen molar-refractivity contribution in [3.8, 4) is 0 Å². The molecule has 76 valence electrons. The summed E-state index contributed by atoms with van der Waals surface area (Å²) >= 11 is 0. The summed E-state index contributed by atoms with van der Waals surface area (Å²) in [4.78, 5) is 11.3. The monoisotopic (exact) mass is 192 g/mol. The number of hydrogen-bond acceptors (Lipinski definition) is 2. The highest BCUT2D eigenvalue weighted by atomic mass is 16.1. The Hall–Kier alpha value is -1.35. The molecule has 1 aromatic rings. The van der Waals surface area contributed by atoms with Crippen molar-refractivity contribution in [2.45, 2.75) is 13.0 Å². The molecule has 0 unspecified atom stereocenters. The van der Waals surface area contributed by atoms with E-state index in [0.717, 1.165) is 26.1 Å². The van der Waals surface area contributed by atoms with Crippen LogP contribution in [-0.4, -0.2) is 17.7 Å². The lowest BCUT2D eigenvalue weighted by atomic mass is 10.4. The Morgan fingerprint density at radius 2 is 2.29 bits per heavy atom. The Morgan fingerprint density at radius 3 is 3.00 bits per heavy atom. The average molecular weight is 192 g/mol. The summed E-state index contributed by atoms with van der Waals surface area (Å²) < 4.78 is 1.70. The van der Waals surface area contributed by atoms with Gasteiger partial charge in [0.25, 0.3) is 5.56 Å². The summed E-state index contributed by atoms with van der Waals surface area (Å²) in [6.45, 7) is 6.09. The Labute approximate surface area is 84.1 Å². The smallest absolute Gasteiger partial charge is 0.250 e. The largest absolute Gasteiger partial charge is 0.315 e. The standard InChI is InChI=1S/C11H16N2O/c1-2-3-7-12-8-10-13-9-5-4-6-11(13)14/h2,4-6,9,12H,1,3,7-8,10H2. The van der Waals surface area contributed by atoms with Gasteiger partial charge in [0.15, 0.2) is 0 Å². The lowest BCUT2D eigenvalue weighted by molar-refractivity contribution is 0.589. The number of pyridine rings is 1. The molecule has 1 aromatic heterocycles. The maximum absolute atomic E-state index is 11.3. The average Bonchev–Trinajstić information content (AvgIpc) is 2.20. The first kappa shape index (κ1) is 10.7. The number of aromatic nitrogens is 1. The fraction of sp³-hybridized carbons (Fsp3) is 0.364. The fourth-order valence-electron chi connectivity index (χ4n) is 1.17. The maximum atomic E-state index is 11.3. The molecule has 1 N–H and O–H groups in total. The molecular weight excluding hydrogens is 176 g/mol.